The van der Waals surface area contributed by atoms with E-state index in [4.69, 9.17) is 5.73 Å². The number of hydrogen-bond acceptors (Lipinski definition) is 4. The molecule has 0 radical (unpaired) electrons. The highest BCUT2D eigenvalue weighted by Crippen LogP contribution is 2.41. The van der Waals surface area contributed by atoms with Crippen LogP contribution in [0.3, 0.4) is 0 Å². The van der Waals surface area contributed by atoms with Crippen LogP contribution in [0.5, 0.6) is 0 Å². The average molecular weight is 420 g/mol. The first-order chi connectivity index (χ1) is 15.0. The van der Waals surface area contributed by atoms with Crippen LogP contribution in [0.2, 0.25) is 0 Å². The standard InChI is InChI=1S/C25H29N3O3/c1-2-21-23(17-8-10-18(11-9-17)24(26)30)20-14-28(15-22(20)27-21)25(31)19(12-13-29)16-6-4-3-5-7-16/h3-11,19,21,23,27,29H,2,12-15H2,1H3,(H2,26,30). The Morgan fingerprint density at radius 2 is 1.84 bits per heavy atom. The van der Waals surface area contributed by atoms with Crippen LogP contribution in [0.15, 0.2) is 65.9 Å². The average Bonchev–Trinajstić information content (AvgIpc) is 3.35. The molecule has 0 fully saturated rings. The molecule has 4 rings (SSSR count). The molecule has 6 nitrogen and oxygen atoms in total. The molecule has 0 aromatic heterocycles. The Morgan fingerprint density at radius 3 is 2.45 bits per heavy atom. The summed E-state index contributed by atoms with van der Waals surface area (Å²) < 4.78 is 0. The topological polar surface area (TPSA) is 95.7 Å². The molecule has 2 heterocycles. The maximum absolute atomic E-state index is 13.4. The van der Waals surface area contributed by atoms with E-state index in [9.17, 15) is 14.7 Å². The number of hydrogen-bond donors (Lipinski definition) is 3. The van der Waals surface area contributed by atoms with Gasteiger partial charge in [-0.2, -0.15) is 0 Å². The summed E-state index contributed by atoms with van der Waals surface area (Å²) in [6.07, 6.45) is 1.37. The van der Waals surface area contributed by atoms with E-state index in [1.165, 1.54) is 5.57 Å². The molecule has 0 bridgehead atoms. The van der Waals surface area contributed by atoms with Crippen molar-refractivity contribution in [2.75, 3.05) is 19.7 Å². The van der Waals surface area contributed by atoms with Crippen molar-refractivity contribution in [2.24, 2.45) is 5.73 Å². The van der Waals surface area contributed by atoms with E-state index in [-0.39, 0.29) is 30.4 Å². The second-order valence-electron chi connectivity index (χ2n) is 8.30. The third-order valence-electron chi connectivity index (χ3n) is 6.46. The number of aliphatic hydroxyl groups excluding tert-OH is 1. The van der Waals surface area contributed by atoms with E-state index in [1.807, 2.05) is 47.4 Å². The van der Waals surface area contributed by atoms with Crippen molar-refractivity contribution in [3.05, 3.63) is 82.6 Å². The van der Waals surface area contributed by atoms with Crippen LogP contribution in [-0.4, -0.2) is 47.6 Å². The van der Waals surface area contributed by atoms with Gasteiger partial charge in [0.25, 0.3) is 0 Å². The summed E-state index contributed by atoms with van der Waals surface area (Å²) >= 11 is 0. The first-order valence-electron chi connectivity index (χ1n) is 10.9. The minimum atomic E-state index is -0.434. The van der Waals surface area contributed by atoms with Crippen molar-refractivity contribution in [1.82, 2.24) is 10.2 Å². The lowest BCUT2D eigenvalue weighted by atomic mass is 9.85. The molecule has 6 heteroatoms. The number of carbonyl (C=O) groups excluding carboxylic acids is 2. The molecule has 2 aromatic carbocycles. The monoisotopic (exact) mass is 419 g/mol. The van der Waals surface area contributed by atoms with E-state index in [0.29, 0.717) is 25.1 Å². The molecule has 0 spiro atoms. The molecule has 4 N–H and O–H groups in total. The Morgan fingerprint density at radius 1 is 1.13 bits per heavy atom. The van der Waals surface area contributed by atoms with Gasteiger partial charge in [-0.1, -0.05) is 49.4 Å². The van der Waals surface area contributed by atoms with Crippen LogP contribution in [0.4, 0.5) is 0 Å². The number of rotatable bonds is 7. The fourth-order valence-electron chi connectivity index (χ4n) is 4.87. The fraction of sp³-hybridized carbons (Fsp3) is 0.360. The predicted octanol–water partition coefficient (Wildman–Crippen LogP) is 2.51. The lowest BCUT2D eigenvalue weighted by molar-refractivity contribution is -0.132. The zero-order valence-electron chi connectivity index (χ0n) is 17.8. The highest BCUT2D eigenvalue weighted by molar-refractivity contribution is 5.92. The summed E-state index contributed by atoms with van der Waals surface area (Å²) in [4.78, 5) is 26.7. The van der Waals surface area contributed by atoms with E-state index in [2.05, 4.69) is 12.2 Å². The number of benzene rings is 2. The van der Waals surface area contributed by atoms with Crippen molar-refractivity contribution < 1.29 is 14.7 Å². The summed E-state index contributed by atoms with van der Waals surface area (Å²) in [5.41, 5.74) is 10.3. The number of primary amides is 1. The lowest BCUT2D eigenvalue weighted by Crippen LogP contribution is -2.39. The van der Waals surface area contributed by atoms with Crippen LogP contribution in [0, 0.1) is 0 Å². The van der Waals surface area contributed by atoms with Gasteiger partial charge in [0.1, 0.15) is 0 Å². The number of nitrogens with zero attached hydrogens (tertiary/aromatic N) is 1. The third kappa shape index (κ3) is 4.08. The van der Waals surface area contributed by atoms with Gasteiger partial charge in [-0.25, -0.2) is 0 Å². The Balaban J connectivity index is 1.55. The largest absolute Gasteiger partial charge is 0.396 e. The molecule has 0 saturated heterocycles. The Hall–Kier alpha value is -3.12. The number of nitrogens with one attached hydrogen (secondary N) is 1. The molecule has 2 aliphatic rings. The van der Waals surface area contributed by atoms with Crippen molar-refractivity contribution in [2.45, 2.75) is 37.6 Å². The summed E-state index contributed by atoms with van der Waals surface area (Å²) in [6.45, 7) is 3.27. The maximum Gasteiger partial charge on any atom is 0.248 e. The normalized spacial score (nSPS) is 21.0. The predicted molar refractivity (Wildman–Crippen MR) is 119 cm³/mol. The molecule has 2 aliphatic heterocycles. The Kier molecular flexibility index (Phi) is 6.09. The molecule has 2 amide bonds. The first kappa shape index (κ1) is 21.1. The molecule has 162 valence electrons. The quantitative estimate of drug-likeness (QED) is 0.643. The smallest absolute Gasteiger partial charge is 0.248 e. The van der Waals surface area contributed by atoms with Gasteiger partial charge in [-0.15, -0.1) is 0 Å². The molecule has 0 aliphatic carbocycles. The van der Waals surface area contributed by atoms with Gasteiger partial charge in [0.2, 0.25) is 11.8 Å². The molecular formula is C25H29N3O3. The molecule has 0 saturated carbocycles. The first-order valence-corrected chi connectivity index (χ1v) is 10.9. The zero-order chi connectivity index (χ0) is 22.0. The summed E-state index contributed by atoms with van der Waals surface area (Å²) in [7, 11) is 0. The number of amides is 2. The molecular weight excluding hydrogens is 390 g/mol. The van der Waals surface area contributed by atoms with Crippen LogP contribution in [0.25, 0.3) is 0 Å². The van der Waals surface area contributed by atoms with Crippen LogP contribution in [-0.2, 0) is 4.79 Å². The van der Waals surface area contributed by atoms with E-state index >= 15 is 0 Å². The number of carbonyl (C=O) groups is 2. The highest BCUT2D eigenvalue weighted by Gasteiger charge is 2.41. The van der Waals surface area contributed by atoms with Gasteiger partial charge >= 0.3 is 0 Å². The van der Waals surface area contributed by atoms with E-state index < -0.39 is 5.91 Å². The second kappa shape index (κ2) is 8.94. The second-order valence-corrected chi connectivity index (χ2v) is 8.30. The summed E-state index contributed by atoms with van der Waals surface area (Å²) in [5, 5.41) is 13.2. The van der Waals surface area contributed by atoms with Gasteiger partial charge in [-0.3, -0.25) is 9.59 Å². The maximum atomic E-state index is 13.4. The van der Waals surface area contributed by atoms with Crippen LogP contribution in [0.1, 0.15) is 53.1 Å². The van der Waals surface area contributed by atoms with Gasteiger partial charge < -0.3 is 21.1 Å². The fourth-order valence-corrected chi connectivity index (χ4v) is 4.87. The third-order valence-corrected chi connectivity index (χ3v) is 6.46. The Labute approximate surface area is 182 Å². The molecule has 3 atom stereocenters. The number of aliphatic hydroxyl groups is 1. The minimum absolute atomic E-state index is 0.0305. The van der Waals surface area contributed by atoms with Crippen molar-refractivity contribution in [3.63, 3.8) is 0 Å². The lowest BCUT2D eigenvalue weighted by Gasteiger charge is -2.29. The summed E-state index contributed by atoms with van der Waals surface area (Å²) in [5.74, 6) is -0.571. The zero-order valence-corrected chi connectivity index (χ0v) is 17.8. The van der Waals surface area contributed by atoms with Gasteiger partial charge in [0, 0.05) is 36.4 Å². The number of nitrogens with two attached hydrogens (primary N) is 1. The Bertz CT molecular complexity index is 985. The van der Waals surface area contributed by atoms with Crippen molar-refractivity contribution in [1.29, 1.82) is 0 Å². The van der Waals surface area contributed by atoms with Gasteiger partial charge in [0.15, 0.2) is 0 Å². The van der Waals surface area contributed by atoms with Crippen molar-refractivity contribution >= 4 is 11.8 Å². The van der Waals surface area contributed by atoms with E-state index in [0.717, 1.165) is 23.2 Å². The minimum Gasteiger partial charge on any atom is -0.396 e. The SMILES string of the molecule is CCC1NC2=C(CN(C(=O)C(CCO)c3ccccc3)C2)C1c1ccc(C(N)=O)cc1. The molecule has 3 unspecified atom stereocenters. The molecule has 31 heavy (non-hydrogen) atoms. The summed E-state index contributed by atoms with van der Waals surface area (Å²) in [6, 6.07) is 17.4. The van der Waals surface area contributed by atoms with Crippen LogP contribution < -0.4 is 11.1 Å². The molecule has 2 aromatic rings. The van der Waals surface area contributed by atoms with Gasteiger partial charge in [0.05, 0.1) is 12.5 Å². The van der Waals surface area contributed by atoms with E-state index in [1.54, 1.807) is 12.1 Å². The highest BCUT2D eigenvalue weighted by atomic mass is 16.3. The van der Waals surface area contributed by atoms with Crippen LogP contribution >= 0.6 is 0 Å². The van der Waals surface area contributed by atoms with Gasteiger partial charge in [-0.05, 0) is 41.7 Å². The van der Waals surface area contributed by atoms with Crippen molar-refractivity contribution in [3.8, 4) is 0 Å².